The molecule has 2 unspecified atom stereocenters. The SMILES string of the molecule is CC(C)C(N[S+]([O-])C(C)(C)C)c1cc(OCc2ccccc2)ccn1. The lowest BCUT2D eigenvalue weighted by Crippen LogP contribution is -2.42. The molecular weight excluding hydrogens is 332 g/mol. The minimum atomic E-state index is -1.16. The Morgan fingerprint density at radius 2 is 1.84 bits per heavy atom. The molecule has 0 bridgehead atoms. The van der Waals surface area contributed by atoms with Crippen molar-refractivity contribution in [2.24, 2.45) is 5.92 Å². The molecule has 0 aliphatic carbocycles. The van der Waals surface area contributed by atoms with Crippen molar-refractivity contribution in [1.82, 2.24) is 9.71 Å². The topological polar surface area (TPSA) is 57.2 Å². The Balaban J connectivity index is 2.11. The Kier molecular flexibility index (Phi) is 6.87. The van der Waals surface area contributed by atoms with Gasteiger partial charge < -0.3 is 9.29 Å². The van der Waals surface area contributed by atoms with E-state index in [0.717, 1.165) is 17.0 Å². The van der Waals surface area contributed by atoms with Gasteiger partial charge in [-0.2, -0.15) is 0 Å². The maximum absolute atomic E-state index is 12.5. The second-order valence-electron chi connectivity index (χ2n) is 7.41. The van der Waals surface area contributed by atoms with Crippen molar-refractivity contribution in [1.29, 1.82) is 0 Å². The Hall–Kier alpha value is -1.56. The number of benzene rings is 1. The molecule has 2 rings (SSSR count). The monoisotopic (exact) mass is 360 g/mol. The third-order valence-corrected chi connectivity index (χ3v) is 5.36. The van der Waals surface area contributed by atoms with Crippen molar-refractivity contribution in [2.45, 2.75) is 52.0 Å². The van der Waals surface area contributed by atoms with Gasteiger partial charge >= 0.3 is 0 Å². The van der Waals surface area contributed by atoms with E-state index in [1.54, 1.807) is 6.20 Å². The molecule has 2 aromatic rings. The summed E-state index contributed by atoms with van der Waals surface area (Å²) in [5, 5.41) is 0. The standard InChI is InChI=1S/C20H28N2O2S/c1-15(2)19(22-25(23)20(3,4)5)18-13-17(11-12-21-18)24-14-16-9-7-6-8-10-16/h6-13,15,19,22H,14H2,1-5H3. The van der Waals surface area contributed by atoms with Gasteiger partial charge in [-0.15, -0.1) is 4.72 Å². The summed E-state index contributed by atoms with van der Waals surface area (Å²) in [6.07, 6.45) is 1.74. The largest absolute Gasteiger partial charge is 0.598 e. The highest BCUT2D eigenvalue weighted by Crippen LogP contribution is 2.26. The first-order valence-corrected chi connectivity index (χ1v) is 9.73. The molecule has 0 aliphatic heterocycles. The molecule has 1 aromatic carbocycles. The van der Waals surface area contributed by atoms with Crippen molar-refractivity contribution < 1.29 is 9.29 Å². The number of pyridine rings is 1. The van der Waals surface area contributed by atoms with Crippen molar-refractivity contribution in [2.75, 3.05) is 0 Å². The van der Waals surface area contributed by atoms with Gasteiger partial charge in [-0.3, -0.25) is 4.98 Å². The molecule has 1 N–H and O–H groups in total. The van der Waals surface area contributed by atoms with Gasteiger partial charge in [-0.1, -0.05) is 44.2 Å². The lowest BCUT2D eigenvalue weighted by atomic mass is 10.0. The fourth-order valence-electron chi connectivity index (χ4n) is 2.26. The zero-order valence-corrected chi connectivity index (χ0v) is 16.5. The zero-order chi connectivity index (χ0) is 18.4. The van der Waals surface area contributed by atoms with Gasteiger partial charge in [0.25, 0.3) is 0 Å². The molecule has 136 valence electrons. The quantitative estimate of drug-likeness (QED) is 0.743. The van der Waals surface area contributed by atoms with Crippen LogP contribution in [0.1, 0.15) is 51.9 Å². The molecule has 25 heavy (non-hydrogen) atoms. The highest BCUT2D eigenvalue weighted by atomic mass is 32.2. The third kappa shape index (κ3) is 6.03. The Morgan fingerprint density at radius 1 is 1.16 bits per heavy atom. The molecule has 1 aromatic heterocycles. The van der Waals surface area contributed by atoms with Gasteiger partial charge in [0, 0.05) is 23.6 Å². The second kappa shape index (κ2) is 8.70. The van der Waals surface area contributed by atoms with E-state index >= 15 is 0 Å². The summed E-state index contributed by atoms with van der Waals surface area (Å²) in [6, 6.07) is 13.7. The van der Waals surface area contributed by atoms with Crippen LogP contribution in [0.15, 0.2) is 48.7 Å². The maximum Gasteiger partial charge on any atom is 0.136 e. The van der Waals surface area contributed by atoms with Crippen LogP contribution in [-0.4, -0.2) is 14.3 Å². The van der Waals surface area contributed by atoms with Gasteiger partial charge in [0.2, 0.25) is 0 Å². The predicted octanol–water partition coefficient (Wildman–Crippen LogP) is 4.41. The van der Waals surface area contributed by atoms with Crippen molar-refractivity contribution >= 4 is 11.4 Å². The number of aromatic nitrogens is 1. The van der Waals surface area contributed by atoms with Crippen LogP contribution in [0.4, 0.5) is 0 Å². The number of hydrogen-bond donors (Lipinski definition) is 1. The first kappa shape index (κ1) is 19.8. The van der Waals surface area contributed by atoms with Crippen molar-refractivity contribution in [3.8, 4) is 5.75 Å². The minimum Gasteiger partial charge on any atom is -0.598 e. The molecule has 0 spiro atoms. The number of ether oxygens (including phenoxy) is 1. The van der Waals surface area contributed by atoms with Crippen molar-refractivity contribution in [3.05, 3.63) is 59.9 Å². The first-order chi connectivity index (χ1) is 11.8. The summed E-state index contributed by atoms with van der Waals surface area (Å²) >= 11 is -1.16. The highest BCUT2D eigenvalue weighted by molar-refractivity contribution is 7.90. The van der Waals surface area contributed by atoms with Crippen LogP contribution >= 0.6 is 0 Å². The molecule has 4 nitrogen and oxygen atoms in total. The van der Waals surface area contributed by atoms with Gasteiger partial charge in [-0.25, -0.2) is 0 Å². The average molecular weight is 361 g/mol. The number of rotatable bonds is 7. The number of nitrogens with zero attached hydrogens (tertiary/aromatic N) is 1. The maximum atomic E-state index is 12.5. The van der Waals surface area contributed by atoms with Crippen LogP contribution in [0.3, 0.4) is 0 Å². The average Bonchev–Trinajstić information content (AvgIpc) is 2.57. The molecule has 0 radical (unpaired) electrons. The van der Waals surface area contributed by atoms with Crippen LogP contribution < -0.4 is 9.46 Å². The molecular formula is C20H28N2O2S. The third-order valence-electron chi connectivity index (χ3n) is 3.78. The van der Waals surface area contributed by atoms with Gasteiger partial charge in [0.05, 0.1) is 11.7 Å². The van der Waals surface area contributed by atoms with E-state index < -0.39 is 11.4 Å². The van der Waals surface area contributed by atoms with Crippen LogP contribution in [0, 0.1) is 5.92 Å². The molecule has 0 saturated heterocycles. The van der Waals surface area contributed by atoms with Gasteiger partial charge in [0.1, 0.15) is 17.1 Å². The lowest BCUT2D eigenvalue weighted by molar-refractivity contribution is 0.304. The Bertz CT molecular complexity index is 656. The first-order valence-electron chi connectivity index (χ1n) is 8.58. The Labute approximate surface area is 154 Å². The van der Waals surface area contributed by atoms with Crippen LogP contribution in [0.2, 0.25) is 0 Å². The summed E-state index contributed by atoms with van der Waals surface area (Å²) in [4.78, 5) is 4.47. The molecule has 0 saturated carbocycles. The molecule has 2 atom stereocenters. The number of nitrogens with one attached hydrogen (secondary N) is 1. The summed E-state index contributed by atoms with van der Waals surface area (Å²) in [5.74, 6) is 1.02. The van der Waals surface area contributed by atoms with E-state index in [-0.39, 0.29) is 16.7 Å². The number of hydrogen-bond acceptors (Lipinski definition) is 4. The zero-order valence-electron chi connectivity index (χ0n) is 15.7. The summed E-state index contributed by atoms with van der Waals surface area (Å²) < 4.78 is 21.3. The Morgan fingerprint density at radius 3 is 2.44 bits per heavy atom. The normalized spacial score (nSPS) is 14.4. The van der Waals surface area contributed by atoms with E-state index in [1.807, 2.05) is 63.2 Å². The van der Waals surface area contributed by atoms with E-state index in [2.05, 4.69) is 23.6 Å². The molecule has 5 heteroatoms. The smallest absolute Gasteiger partial charge is 0.136 e. The molecule has 0 aliphatic rings. The molecule has 1 heterocycles. The van der Waals surface area contributed by atoms with Crippen molar-refractivity contribution in [3.63, 3.8) is 0 Å². The molecule has 0 amide bonds. The van der Waals surface area contributed by atoms with Crippen LogP contribution in [0.25, 0.3) is 0 Å². The summed E-state index contributed by atoms with van der Waals surface area (Å²) in [6.45, 7) is 10.6. The van der Waals surface area contributed by atoms with Gasteiger partial charge in [0.15, 0.2) is 0 Å². The molecule has 0 fully saturated rings. The lowest BCUT2D eigenvalue weighted by Gasteiger charge is -2.29. The summed E-state index contributed by atoms with van der Waals surface area (Å²) in [5.41, 5.74) is 1.96. The van der Waals surface area contributed by atoms with E-state index in [9.17, 15) is 4.55 Å². The summed E-state index contributed by atoms with van der Waals surface area (Å²) in [7, 11) is 0. The fourth-order valence-corrected chi connectivity index (χ4v) is 3.24. The minimum absolute atomic E-state index is 0.0969. The van der Waals surface area contributed by atoms with Crippen LogP contribution in [-0.2, 0) is 18.0 Å². The van der Waals surface area contributed by atoms with Crippen LogP contribution in [0.5, 0.6) is 5.75 Å². The van der Waals surface area contributed by atoms with E-state index in [1.165, 1.54) is 0 Å². The van der Waals surface area contributed by atoms with E-state index in [4.69, 9.17) is 4.74 Å². The second-order valence-corrected chi connectivity index (χ2v) is 9.41. The highest BCUT2D eigenvalue weighted by Gasteiger charge is 2.31. The fraction of sp³-hybridized carbons (Fsp3) is 0.450. The predicted molar refractivity (Wildman–Crippen MR) is 104 cm³/mol. The van der Waals surface area contributed by atoms with Gasteiger partial charge in [-0.05, 0) is 38.3 Å². The van der Waals surface area contributed by atoms with E-state index in [0.29, 0.717) is 6.61 Å².